The molecule has 0 unspecified atom stereocenters. The zero-order chi connectivity index (χ0) is 9.97. The van der Waals surface area contributed by atoms with Gasteiger partial charge in [-0.25, -0.2) is 4.98 Å². The molecule has 0 aliphatic carbocycles. The first kappa shape index (κ1) is 9.01. The summed E-state index contributed by atoms with van der Waals surface area (Å²) >= 11 is 1.28. The molecule has 2 aromatic rings. The molecule has 0 aromatic carbocycles. The Kier molecular flexibility index (Phi) is 2.36. The zero-order valence-electron chi connectivity index (χ0n) is 7.35. The molecule has 2 aromatic heterocycles. The smallest absolute Gasteiger partial charge is 0.194 e. The summed E-state index contributed by atoms with van der Waals surface area (Å²) in [6.45, 7) is 1.46. The third kappa shape index (κ3) is 1.85. The molecule has 0 amide bonds. The predicted molar refractivity (Wildman–Crippen MR) is 49.2 cm³/mol. The van der Waals surface area contributed by atoms with Crippen LogP contribution in [0.15, 0.2) is 33.1 Å². The van der Waals surface area contributed by atoms with Crippen molar-refractivity contribution >= 4 is 17.5 Å². The summed E-state index contributed by atoms with van der Waals surface area (Å²) in [4.78, 5) is 14.8. The van der Waals surface area contributed by atoms with Crippen LogP contribution in [0.1, 0.15) is 17.5 Å². The highest BCUT2D eigenvalue weighted by Crippen LogP contribution is 2.25. The largest absolute Gasteiger partial charge is 0.446 e. The third-order valence-electron chi connectivity index (χ3n) is 1.52. The minimum absolute atomic E-state index is 0.0885. The molecule has 0 radical (unpaired) electrons. The van der Waals surface area contributed by atoms with Crippen LogP contribution in [0, 0.1) is 0 Å². The van der Waals surface area contributed by atoms with Crippen molar-refractivity contribution in [3.8, 4) is 0 Å². The van der Waals surface area contributed by atoms with Gasteiger partial charge in [-0.15, -0.1) is 0 Å². The lowest BCUT2D eigenvalue weighted by atomic mass is 10.3. The van der Waals surface area contributed by atoms with Gasteiger partial charge in [0, 0.05) is 6.92 Å². The predicted octanol–water partition coefficient (Wildman–Crippen LogP) is 1.75. The van der Waals surface area contributed by atoms with Crippen LogP contribution in [-0.2, 0) is 0 Å². The first-order valence-corrected chi connectivity index (χ1v) is 4.71. The van der Waals surface area contributed by atoms with Crippen LogP contribution >= 0.6 is 11.8 Å². The fraction of sp³-hybridized carbons (Fsp3) is 0.125. The van der Waals surface area contributed by atoms with Gasteiger partial charge in [0.05, 0.1) is 0 Å². The van der Waals surface area contributed by atoms with E-state index in [2.05, 4.69) is 15.2 Å². The molecule has 2 rings (SSSR count). The number of hydrogen-bond donors (Lipinski definition) is 1. The molecule has 0 fully saturated rings. The molecule has 0 atom stereocenters. The molecular formula is C8H7N3O2S. The second-order valence-corrected chi connectivity index (χ2v) is 3.56. The van der Waals surface area contributed by atoms with Crippen molar-refractivity contribution < 1.29 is 9.21 Å². The van der Waals surface area contributed by atoms with E-state index < -0.39 is 0 Å². The second kappa shape index (κ2) is 3.67. The Morgan fingerprint density at radius 2 is 2.43 bits per heavy atom. The molecule has 0 aliphatic rings. The number of aromatic nitrogens is 3. The van der Waals surface area contributed by atoms with Crippen LogP contribution in [0.5, 0.6) is 0 Å². The summed E-state index contributed by atoms with van der Waals surface area (Å²) in [5.41, 5.74) is 0. The lowest BCUT2D eigenvalue weighted by Crippen LogP contribution is -1.85. The highest BCUT2D eigenvalue weighted by molar-refractivity contribution is 7.99. The summed E-state index contributed by atoms with van der Waals surface area (Å²) in [6.07, 6.45) is 1.41. The first-order chi connectivity index (χ1) is 6.75. The van der Waals surface area contributed by atoms with Crippen molar-refractivity contribution in [1.29, 1.82) is 0 Å². The molecule has 0 spiro atoms. The maximum atomic E-state index is 10.9. The average Bonchev–Trinajstić information content (AvgIpc) is 2.75. The van der Waals surface area contributed by atoms with Crippen LogP contribution in [0.4, 0.5) is 0 Å². The van der Waals surface area contributed by atoms with Gasteiger partial charge in [0.2, 0.25) is 0 Å². The maximum absolute atomic E-state index is 10.9. The molecule has 5 nitrogen and oxygen atoms in total. The monoisotopic (exact) mass is 209 g/mol. The Labute approximate surface area is 83.9 Å². The summed E-state index contributed by atoms with van der Waals surface area (Å²) in [6, 6.07) is 3.37. The van der Waals surface area contributed by atoms with E-state index in [1.807, 2.05) is 0 Å². The van der Waals surface area contributed by atoms with Gasteiger partial charge in [-0.05, 0) is 23.9 Å². The summed E-state index contributed by atoms with van der Waals surface area (Å²) in [7, 11) is 0. The van der Waals surface area contributed by atoms with Gasteiger partial charge in [0.15, 0.2) is 21.8 Å². The van der Waals surface area contributed by atoms with Gasteiger partial charge in [0.1, 0.15) is 6.33 Å². The van der Waals surface area contributed by atoms with Crippen LogP contribution in [0.3, 0.4) is 0 Å². The number of aromatic amines is 1. The molecule has 1 N–H and O–H groups in total. The lowest BCUT2D eigenvalue weighted by molar-refractivity contribution is 0.0982. The van der Waals surface area contributed by atoms with E-state index in [9.17, 15) is 4.79 Å². The fourth-order valence-corrected chi connectivity index (χ4v) is 1.56. The zero-order valence-corrected chi connectivity index (χ0v) is 8.17. The maximum Gasteiger partial charge on any atom is 0.194 e. The number of nitrogens with zero attached hydrogens (tertiary/aromatic N) is 2. The second-order valence-electron chi connectivity index (χ2n) is 2.57. The van der Waals surface area contributed by atoms with E-state index in [4.69, 9.17) is 4.42 Å². The van der Waals surface area contributed by atoms with Crippen molar-refractivity contribution in [2.75, 3.05) is 0 Å². The normalized spacial score (nSPS) is 10.4. The number of nitrogens with one attached hydrogen (secondary N) is 1. The Morgan fingerprint density at radius 1 is 1.57 bits per heavy atom. The fourth-order valence-electron chi connectivity index (χ4n) is 0.903. The first-order valence-electron chi connectivity index (χ1n) is 3.89. The van der Waals surface area contributed by atoms with Crippen molar-refractivity contribution in [2.45, 2.75) is 17.2 Å². The van der Waals surface area contributed by atoms with Gasteiger partial charge < -0.3 is 4.42 Å². The van der Waals surface area contributed by atoms with E-state index in [1.54, 1.807) is 12.1 Å². The standard InChI is InChI=1S/C8H7N3O2S/c1-5(12)6-2-3-7(13-6)14-8-9-4-10-11-8/h2-4H,1H3,(H,9,10,11). The quantitative estimate of drug-likeness (QED) is 0.779. The van der Waals surface area contributed by atoms with Crippen molar-refractivity contribution in [3.63, 3.8) is 0 Å². The number of H-pyrrole nitrogens is 1. The molecule has 14 heavy (non-hydrogen) atoms. The van der Waals surface area contributed by atoms with Gasteiger partial charge in [-0.2, -0.15) is 5.10 Å². The van der Waals surface area contributed by atoms with Crippen molar-refractivity contribution in [2.24, 2.45) is 0 Å². The Bertz CT molecular complexity index is 435. The Balaban J connectivity index is 2.14. The molecule has 0 saturated carbocycles. The van der Waals surface area contributed by atoms with E-state index in [0.717, 1.165) is 0 Å². The van der Waals surface area contributed by atoms with Crippen molar-refractivity contribution in [3.05, 3.63) is 24.2 Å². The molecule has 0 bridgehead atoms. The van der Waals surface area contributed by atoms with E-state index in [-0.39, 0.29) is 5.78 Å². The lowest BCUT2D eigenvalue weighted by Gasteiger charge is -1.90. The third-order valence-corrected chi connectivity index (χ3v) is 2.33. The molecule has 2 heterocycles. The van der Waals surface area contributed by atoms with Gasteiger partial charge in [0.25, 0.3) is 0 Å². The van der Waals surface area contributed by atoms with Gasteiger partial charge in [-0.1, -0.05) is 0 Å². The Hall–Kier alpha value is -1.56. The van der Waals surface area contributed by atoms with Crippen LogP contribution in [0.25, 0.3) is 0 Å². The number of carbonyl (C=O) groups is 1. The van der Waals surface area contributed by atoms with Crippen LogP contribution in [-0.4, -0.2) is 21.0 Å². The van der Waals surface area contributed by atoms with E-state index in [0.29, 0.717) is 16.0 Å². The topological polar surface area (TPSA) is 71.8 Å². The highest BCUT2D eigenvalue weighted by Gasteiger charge is 2.08. The molecule has 0 saturated heterocycles. The number of Topliss-reactive ketones (excluding diaryl/α,β-unsaturated/α-hetero) is 1. The molecular weight excluding hydrogens is 202 g/mol. The molecule has 6 heteroatoms. The van der Waals surface area contributed by atoms with Gasteiger partial charge >= 0.3 is 0 Å². The SMILES string of the molecule is CC(=O)c1ccc(Sc2ncn[nH]2)o1. The average molecular weight is 209 g/mol. The summed E-state index contributed by atoms with van der Waals surface area (Å²) in [5.74, 6) is 0.265. The van der Waals surface area contributed by atoms with Gasteiger partial charge in [-0.3, -0.25) is 9.89 Å². The number of carbonyl (C=O) groups excluding carboxylic acids is 1. The number of rotatable bonds is 3. The minimum atomic E-state index is -0.0885. The number of hydrogen-bond acceptors (Lipinski definition) is 5. The van der Waals surface area contributed by atoms with Crippen LogP contribution in [0.2, 0.25) is 0 Å². The summed E-state index contributed by atoms with van der Waals surface area (Å²) < 4.78 is 5.24. The van der Waals surface area contributed by atoms with E-state index in [1.165, 1.54) is 25.0 Å². The molecule has 72 valence electrons. The highest BCUT2D eigenvalue weighted by atomic mass is 32.2. The molecule has 0 aliphatic heterocycles. The minimum Gasteiger partial charge on any atom is -0.446 e. The van der Waals surface area contributed by atoms with E-state index >= 15 is 0 Å². The Morgan fingerprint density at radius 3 is 3.00 bits per heavy atom. The summed E-state index contributed by atoms with van der Waals surface area (Å²) in [5, 5.41) is 7.63. The van der Waals surface area contributed by atoms with Crippen LogP contribution < -0.4 is 0 Å². The number of ketones is 1. The van der Waals surface area contributed by atoms with Crippen molar-refractivity contribution in [1.82, 2.24) is 15.2 Å². The number of furan rings is 1.